The van der Waals surface area contributed by atoms with Gasteiger partial charge in [0.25, 0.3) is 0 Å². The highest BCUT2D eigenvalue weighted by Crippen LogP contribution is 2.59. The molecule has 1 atom stereocenters. The van der Waals surface area contributed by atoms with Crippen molar-refractivity contribution in [2.24, 2.45) is 0 Å². The van der Waals surface area contributed by atoms with Crippen LogP contribution in [0.2, 0.25) is 0 Å². The second-order valence-electron chi connectivity index (χ2n) is 19.3. The Hall–Kier alpha value is -9.76. The molecule has 2 nitrogen and oxygen atoms in total. The quantitative estimate of drug-likeness (QED) is 0.100. The van der Waals surface area contributed by atoms with Gasteiger partial charge in [0.2, 0.25) is 0 Å². The van der Waals surface area contributed by atoms with Gasteiger partial charge in [0, 0.05) is 34.0 Å². The Morgan fingerprint density at radius 3 is 1.25 bits per heavy atom. The summed E-state index contributed by atoms with van der Waals surface area (Å²) in [5.74, 6) is 0. The molecule has 362 valence electrons. The Bertz CT molecular complexity index is 3740. The third-order valence-electron chi connectivity index (χ3n) is 15.0. The average molecular weight is 973 g/mol. The summed E-state index contributed by atoms with van der Waals surface area (Å²) in [5.41, 5.74) is 22.4. The zero-order chi connectivity index (χ0) is 51.3. The molecule has 0 spiro atoms. The van der Waals surface area contributed by atoms with Crippen LogP contribution in [0.4, 0.5) is 28.4 Å². The van der Waals surface area contributed by atoms with Crippen molar-refractivity contribution in [3.63, 3.8) is 0 Å². The van der Waals surface area contributed by atoms with Crippen LogP contribution in [-0.4, -0.2) is 0 Å². The van der Waals surface area contributed by atoms with Crippen molar-refractivity contribution in [2.45, 2.75) is 12.3 Å². The highest BCUT2D eigenvalue weighted by atomic mass is 15.2. The van der Waals surface area contributed by atoms with Crippen molar-refractivity contribution < 1.29 is 0 Å². The molecule has 0 bridgehead atoms. The average Bonchev–Trinajstić information content (AvgIpc) is 3.99. The normalized spacial score (nSPS) is 13.9. The number of fused-ring (bicyclic) bond motifs is 3. The minimum absolute atomic E-state index is 0.656. The lowest BCUT2D eigenvalue weighted by Crippen LogP contribution is -2.28. The fourth-order valence-electron chi connectivity index (χ4n) is 11.2. The summed E-state index contributed by atoms with van der Waals surface area (Å²) in [5, 5.41) is 0. The van der Waals surface area contributed by atoms with Crippen molar-refractivity contribution in [2.75, 3.05) is 9.80 Å². The van der Waals surface area contributed by atoms with Gasteiger partial charge < -0.3 is 9.80 Å². The zero-order valence-corrected chi connectivity index (χ0v) is 42.5. The second kappa shape index (κ2) is 21.0. The van der Waals surface area contributed by atoms with Crippen LogP contribution in [0.3, 0.4) is 0 Å². The summed E-state index contributed by atoms with van der Waals surface area (Å²) in [6, 6.07) is 106. The van der Waals surface area contributed by atoms with Gasteiger partial charge in [-0.15, -0.1) is 0 Å². The van der Waals surface area contributed by atoms with Gasteiger partial charge in [0.1, 0.15) is 0 Å². The third-order valence-corrected chi connectivity index (χ3v) is 15.0. The lowest BCUT2D eigenvalue weighted by atomic mass is 9.67. The monoisotopic (exact) mass is 972 g/mol. The Morgan fingerprint density at radius 1 is 0.355 bits per heavy atom. The molecular weight excluding hydrogens is 917 g/mol. The third kappa shape index (κ3) is 8.86. The predicted octanol–water partition coefficient (Wildman–Crippen LogP) is 19.8. The molecule has 0 N–H and O–H groups in total. The van der Waals surface area contributed by atoms with Gasteiger partial charge in [-0.2, -0.15) is 0 Å². The Balaban J connectivity index is 1.02. The van der Waals surface area contributed by atoms with E-state index in [0.717, 1.165) is 34.1 Å². The summed E-state index contributed by atoms with van der Waals surface area (Å²) in [6.45, 7) is 6.55. The maximum Gasteiger partial charge on any atom is 0.0714 e. The van der Waals surface area contributed by atoms with E-state index in [4.69, 9.17) is 0 Å². The Morgan fingerprint density at radius 2 is 0.750 bits per heavy atom. The first kappa shape index (κ1) is 47.3. The first-order valence-corrected chi connectivity index (χ1v) is 26.1. The molecule has 0 aromatic heterocycles. The first-order chi connectivity index (χ1) is 37.6. The molecule has 0 radical (unpaired) electrons. The molecule has 0 aliphatic heterocycles. The topological polar surface area (TPSA) is 6.48 Å². The molecule has 1 aliphatic carbocycles. The van der Waals surface area contributed by atoms with Crippen LogP contribution >= 0.6 is 0 Å². The maximum atomic E-state index is 4.39. The largest absolute Gasteiger partial charge is 0.311 e. The number of rotatable bonds is 14. The molecule has 1 aliphatic rings. The number of benzene rings is 11. The second-order valence-corrected chi connectivity index (χ2v) is 19.3. The van der Waals surface area contributed by atoms with Crippen LogP contribution in [0.5, 0.6) is 0 Å². The minimum atomic E-state index is -0.656. The Labute approximate surface area is 447 Å². The molecule has 0 fully saturated rings. The van der Waals surface area contributed by atoms with Crippen LogP contribution in [-0.2, 0) is 5.41 Å². The van der Waals surface area contributed by atoms with E-state index < -0.39 is 5.41 Å². The molecule has 76 heavy (non-hydrogen) atoms. The maximum absolute atomic E-state index is 4.39. The van der Waals surface area contributed by atoms with E-state index in [1.165, 1.54) is 77.9 Å². The predicted molar refractivity (Wildman–Crippen MR) is 322 cm³/mol. The smallest absolute Gasteiger partial charge is 0.0714 e. The van der Waals surface area contributed by atoms with Crippen molar-refractivity contribution in [1.29, 1.82) is 0 Å². The molecule has 12 rings (SSSR count). The van der Waals surface area contributed by atoms with Crippen LogP contribution in [0.1, 0.15) is 34.7 Å². The number of hydrogen-bond donors (Lipinski definition) is 0. The molecular formula is C74H56N2. The van der Waals surface area contributed by atoms with Crippen molar-refractivity contribution in [3.05, 3.63) is 350 Å². The van der Waals surface area contributed by atoms with E-state index in [-0.39, 0.29) is 0 Å². The fraction of sp³-hybridized carbons (Fsp3) is 0.0270. The van der Waals surface area contributed by atoms with Crippen LogP contribution < -0.4 is 9.80 Å². The molecule has 0 amide bonds. The standard InChI is InChI=1S/C74H56N2/c1-3-64(45-36-54(2)55-22-9-4-10-23-55)75(65-46-37-59(38-47-65)56-24-11-5-12-25-56)66-52-43-63(44-53-66)74(62-30-17-8-18-31-62)70-33-20-19-32-69(70)73-71(74)34-21-35-72(73)76(67-48-39-60(40-49-67)57-26-13-6-14-27-57)68-50-41-61(42-51-68)58-28-15-7-16-29-58/h3-53H,1H2,2H3/b54-36+,64-45+. The van der Waals surface area contributed by atoms with Crippen molar-refractivity contribution in [3.8, 4) is 44.5 Å². The summed E-state index contributed by atoms with van der Waals surface area (Å²) >= 11 is 0. The van der Waals surface area contributed by atoms with E-state index in [0.29, 0.717) is 0 Å². The SMILES string of the molecule is C=C/C(=C\C=C(/C)c1ccccc1)N(c1ccc(-c2ccccc2)cc1)c1ccc(C2(c3ccccc3)c3ccccc3-c3c(N(c4ccc(-c5ccccc5)cc4)c4ccc(-c5ccccc5)cc4)cccc32)cc1. The van der Waals surface area contributed by atoms with E-state index in [2.05, 4.69) is 327 Å². The molecule has 0 saturated carbocycles. The molecule has 1 unspecified atom stereocenters. The summed E-state index contributed by atoms with van der Waals surface area (Å²) < 4.78 is 0. The first-order valence-electron chi connectivity index (χ1n) is 26.1. The van der Waals surface area contributed by atoms with Gasteiger partial charge in [0.05, 0.1) is 11.1 Å². The van der Waals surface area contributed by atoms with Gasteiger partial charge in [-0.25, -0.2) is 0 Å². The highest BCUT2D eigenvalue weighted by molar-refractivity contribution is 5.98. The molecule has 0 saturated heterocycles. The number of anilines is 5. The minimum Gasteiger partial charge on any atom is -0.311 e. The van der Waals surface area contributed by atoms with Gasteiger partial charge in [-0.05, 0) is 146 Å². The summed E-state index contributed by atoms with van der Waals surface area (Å²) in [7, 11) is 0. The number of nitrogens with zero attached hydrogens (tertiary/aromatic N) is 2. The molecule has 11 aromatic rings. The number of allylic oxidation sites excluding steroid dienone is 4. The van der Waals surface area contributed by atoms with Crippen molar-refractivity contribution in [1.82, 2.24) is 0 Å². The van der Waals surface area contributed by atoms with Crippen LogP contribution in [0.15, 0.2) is 322 Å². The summed E-state index contributed by atoms with van der Waals surface area (Å²) in [4.78, 5) is 4.76. The lowest BCUT2D eigenvalue weighted by Gasteiger charge is -2.35. The van der Waals surface area contributed by atoms with Crippen LogP contribution in [0, 0.1) is 0 Å². The van der Waals surface area contributed by atoms with Gasteiger partial charge >= 0.3 is 0 Å². The van der Waals surface area contributed by atoms with Crippen LogP contribution in [0.25, 0.3) is 50.1 Å². The number of hydrogen-bond acceptors (Lipinski definition) is 2. The van der Waals surface area contributed by atoms with E-state index >= 15 is 0 Å². The van der Waals surface area contributed by atoms with E-state index in [1.807, 2.05) is 6.08 Å². The van der Waals surface area contributed by atoms with E-state index in [9.17, 15) is 0 Å². The summed E-state index contributed by atoms with van der Waals surface area (Å²) in [6.07, 6.45) is 6.33. The van der Waals surface area contributed by atoms with Gasteiger partial charge in [-0.1, -0.05) is 249 Å². The van der Waals surface area contributed by atoms with E-state index in [1.54, 1.807) is 0 Å². The zero-order valence-electron chi connectivity index (χ0n) is 42.5. The molecule has 11 aromatic carbocycles. The molecule has 0 heterocycles. The Kier molecular flexibility index (Phi) is 13.1. The highest BCUT2D eigenvalue weighted by Gasteiger charge is 2.47. The van der Waals surface area contributed by atoms with Gasteiger partial charge in [-0.3, -0.25) is 0 Å². The lowest BCUT2D eigenvalue weighted by molar-refractivity contribution is 0.768. The molecule has 2 heteroatoms. The van der Waals surface area contributed by atoms with Crippen molar-refractivity contribution >= 4 is 34.0 Å². The van der Waals surface area contributed by atoms with Gasteiger partial charge in [0.15, 0.2) is 0 Å². The fourth-order valence-corrected chi connectivity index (χ4v) is 11.2.